The van der Waals surface area contributed by atoms with Crippen LogP contribution in [0.3, 0.4) is 0 Å². The second-order valence-electron chi connectivity index (χ2n) is 15.0. The average molecular weight is 643 g/mol. The predicted octanol–water partition coefficient (Wildman–Crippen LogP) is 12.9. The fraction of sp³-hybridized carbons (Fsp3) is 0.125. The number of hydrogen-bond acceptors (Lipinski definition) is 1. The summed E-state index contributed by atoms with van der Waals surface area (Å²) in [6.07, 6.45) is 0. The normalized spacial score (nSPS) is 14.7. The summed E-state index contributed by atoms with van der Waals surface area (Å²) in [5.74, 6) is 0. The summed E-state index contributed by atoms with van der Waals surface area (Å²) < 4.78 is 2.49. The second kappa shape index (κ2) is 10.3. The van der Waals surface area contributed by atoms with Crippen molar-refractivity contribution in [2.45, 2.75) is 38.5 Å². The summed E-state index contributed by atoms with van der Waals surface area (Å²) in [4.78, 5) is 2.39. The Labute approximate surface area is 293 Å². The van der Waals surface area contributed by atoms with E-state index in [0.29, 0.717) is 0 Å². The van der Waals surface area contributed by atoms with E-state index in [9.17, 15) is 0 Å². The molecule has 2 heterocycles. The van der Waals surface area contributed by atoms with Crippen LogP contribution in [-0.4, -0.2) is 4.57 Å². The van der Waals surface area contributed by atoms with Gasteiger partial charge in [-0.15, -0.1) is 0 Å². The Hall–Kier alpha value is -5.86. The molecule has 240 valence electrons. The maximum absolute atomic E-state index is 2.49. The standard InChI is InChI=1S/C48H38N2/c1-47(2)40-17-9-8-15-36(40)37-27-23-32(29-43(37)47)31-21-24-34(25-22-31)49(33-13-6-5-7-14-33)35-26-28-44-39(30-35)38-16-12-19-42-46(38)50(44)45-20-11-10-18-41(45)48(42,3)4/h5-30H,1-4H3. The van der Waals surface area contributed by atoms with Crippen LogP contribution in [0.2, 0.25) is 0 Å². The van der Waals surface area contributed by atoms with Crippen molar-refractivity contribution in [2.75, 3.05) is 4.90 Å². The number of fused-ring (bicyclic) bond motifs is 8. The maximum Gasteiger partial charge on any atom is 0.0582 e. The lowest BCUT2D eigenvalue weighted by Crippen LogP contribution is -2.26. The Balaban J connectivity index is 1.10. The summed E-state index contributed by atoms with van der Waals surface area (Å²) >= 11 is 0. The highest BCUT2D eigenvalue weighted by Crippen LogP contribution is 2.51. The van der Waals surface area contributed by atoms with Crippen molar-refractivity contribution in [2.24, 2.45) is 0 Å². The molecule has 1 aliphatic carbocycles. The second-order valence-corrected chi connectivity index (χ2v) is 15.0. The van der Waals surface area contributed by atoms with E-state index in [4.69, 9.17) is 0 Å². The van der Waals surface area contributed by atoms with Crippen LogP contribution in [0, 0.1) is 0 Å². The third kappa shape index (κ3) is 3.96. The molecular formula is C48H38N2. The van der Waals surface area contributed by atoms with Crippen molar-refractivity contribution in [3.63, 3.8) is 0 Å². The zero-order valence-corrected chi connectivity index (χ0v) is 28.9. The molecule has 1 aliphatic heterocycles. The number of hydrogen-bond donors (Lipinski definition) is 0. The average Bonchev–Trinajstić information content (AvgIpc) is 3.60. The quantitative estimate of drug-likeness (QED) is 0.185. The molecule has 0 saturated heterocycles. The molecule has 50 heavy (non-hydrogen) atoms. The monoisotopic (exact) mass is 642 g/mol. The Kier molecular flexibility index (Phi) is 6.01. The molecule has 2 nitrogen and oxygen atoms in total. The van der Waals surface area contributed by atoms with Crippen LogP contribution < -0.4 is 4.90 Å². The van der Waals surface area contributed by atoms with Gasteiger partial charge < -0.3 is 9.47 Å². The van der Waals surface area contributed by atoms with Crippen LogP contribution in [0.1, 0.15) is 49.9 Å². The SMILES string of the molecule is CC1(C)c2ccccc2-c2ccc(-c3ccc(N(c4ccccc4)c4ccc5c(c4)c4cccc6c4n5-c4ccccc4C6(C)C)cc3)cc21. The van der Waals surface area contributed by atoms with E-state index in [2.05, 4.69) is 195 Å². The lowest BCUT2D eigenvalue weighted by molar-refractivity contribution is 0.630. The Morgan fingerprint density at radius 1 is 0.420 bits per heavy atom. The van der Waals surface area contributed by atoms with Gasteiger partial charge in [-0.3, -0.25) is 0 Å². The van der Waals surface area contributed by atoms with Gasteiger partial charge in [-0.25, -0.2) is 0 Å². The smallest absolute Gasteiger partial charge is 0.0582 e. The first-order valence-corrected chi connectivity index (χ1v) is 17.7. The molecule has 2 heteroatoms. The summed E-state index contributed by atoms with van der Waals surface area (Å²) in [6.45, 7) is 9.41. The van der Waals surface area contributed by atoms with Crippen LogP contribution in [0.25, 0.3) is 49.7 Å². The van der Waals surface area contributed by atoms with Crippen LogP contribution in [0.4, 0.5) is 17.1 Å². The molecule has 0 unspecified atom stereocenters. The van der Waals surface area contributed by atoms with Gasteiger partial charge in [0.15, 0.2) is 0 Å². The molecule has 0 atom stereocenters. The van der Waals surface area contributed by atoms with Crippen molar-refractivity contribution in [3.8, 4) is 27.9 Å². The van der Waals surface area contributed by atoms with E-state index in [0.717, 1.165) is 17.1 Å². The molecule has 10 rings (SSSR count). The van der Waals surface area contributed by atoms with Crippen LogP contribution in [-0.2, 0) is 10.8 Å². The van der Waals surface area contributed by atoms with E-state index < -0.39 is 0 Å². The molecule has 0 fully saturated rings. The Morgan fingerprint density at radius 2 is 1.04 bits per heavy atom. The minimum atomic E-state index is -0.0836. The number of anilines is 3. The molecule has 7 aromatic carbocycles. The molecule has 0 N–H and O–H groups in total. The van der Waals surface area contributed by atoms with Crippen molar-refractivity contribution >= 4 is 38.9 Å². The minimum Gasteiger partial charge on any atom is -0.310 e. The van der Waals surface area contributed by atoms with E-state index in [1.807, 2.05) is 0 Å². The number of benzene rings is 7. The summed E-state index contributed by atoms with van der Waals surface area (Å²) in [7, 11) is 0. The number of aromatic nitrogens is 1. The van der Waals surface area contributed by atoms with Crippen molar-refractivity contribution in [3.05, 3.63) is 180 Å². The predicted molar refractivity (Wildman–Crippen MR) is 211 cm³/mol. The molecule has 0 bridgehead atoms. The van der Waals surface area contributed by atoms with Crippen LogP contribution >= 0.6 is 0 Å². The largest absolute Gasteiger partial charge is 0.310 e. The number of para-hydroxylation sites is 3. The number of rotatable bonds is 4. The van der Waals surface area contributed by atoms with Crippen molar-refractivity contribution in [1.29, 1.82) is 0 Å². The Bertz CT molecular complexity index is 2640. The summed E-state index contributed by atoms with van der Waals surface area (Å²) in [5, 5.41) is 2.57. The first kappa shape index (κ1) is 29.1. The van der Waals surface area contributed by atoms with Crippen LogP contribution in [0.15, 0.2) is 158 Å². The lowest BCUT2D eigenvalue weighted by Gasteiger charge is -2.34. The van der Waals surface area contributed by atoms with Crippen molar-refractivity contribution < 1.29 is 0 Å². The fourth-order valence-corrected chi connectivity index (χ4v) is 9.00. The molecular weight excluding hydrogens is 605 g/mol. The highest BCUT2D eigenvalue weighted by Gasteiger charge is 2.36. The molecule has 0 radical (unpaired) electrons. The molecule has 8 aromatic rings. The molecule has 0 saturated carbocycles. The van der Waals surface area contributed by atoms with Gasteiger partial charge in [0.05, 0.1) is 16.7 Å². The van der Waals surface area contributed by atoms with Gasteiger partial charge in [-0.05, 0) is 99.1 Å². The highest BCUT2D eigenvalue weighted by atomic mass is 15.1. The van der Waals surface area contributed by atoms with E-state index in [1.165, 1.54) is 72.0 Å². The minimum absolute atomic E-state index is 0.0220. The van der Waals surface area contributed by atoms with Gasteiger partial charge in [-0.2, -0.15) is 0 Å². The van der Waals surface area contributed by atoms with Gasteiger partial charge in [0, 0.05) is 38.7 Å². The molecule has 2 aliphatic rings. The molecule has 0 spiro atoms. The van der Waals surface area contributed by atoms with Gasteiger partial charge in [0.1, 0.15) is 0 Å². The van der Waals surface area contributed by atoms with Gasteiger partial charge in [0.25, 0.3) is 0 Å². The first-order chi connectivity index (χ1) is 24.3. The first-order valence-electron chi connectivity index (χ1n) is 17.7. The van der Waals surface area contributed by atoms with Gasteiger partial charge in [-0.1, -0.05) is 131 Å². The Morgan fingerprint density at radius 3 is 1.86 bits per heavy atom. The zero-order chi connectivity index (χ0) is 33.8. The fourth-order valence-electron chi connectivity index (χ4n) is 9.00. The number of nitrogens with zero attached hydrogens (tertiary/aromatic N) is 2. The molecule has 1 aromatic heterocycles. The summed E-state index contributed by atoms with van der Waals surface area (Å²) in [6, 6.07) is 58.4. The van der Waals surface area contributed by atoms with E-state index >= 15 is 0 Å². The summed E-state index contributed by atoms with van der Waals surface area (Å²) in [5.41, 5.74) is 17.9. The van der Waals surface area contributed by atoms with Gasteiger partial charge in [0.2, 0.25) is 0 Å². The highest BCUT2D eigenvalue weighted by molar-refractivity contribution is 6.12. The zero-order valence-electron chi connectivity index (χ0n) is 28.9. The molecule has 0 amide bonds. The topological polar surface area (TPSA) is 8.17 Å². The third-order valence-corrected chi connectivity index (χ3v) is 11.6. The maximum atomic E-state index is 2.49. The van der Waals surface area contributed by atoms with E-state index in [-0.39, 0.29) is 10.8 Å². The third-order valence-electron chi connectivity index (χ3n) is 11.6. The van der Waals surface area contributed by atoms with Crippen LogP contribution in [0.5, 0.6) is 0 Å². The lowest BCUT2D eigenvalue weighted by atomic mass is 9.75. The van der Waals surface area contributed by atoms with Crippen molar-refractivity contribution in [1.82, 2.24) is 4.57 Å². The van der Waals surface area contributed by atoms with E-state index in [1.54, 1.807) is 0 Å². The van der Waals surface area contributed by atoms with Gasteiger partial charge >= 0.3 is 0 Å².